The van der Waals surface area contributed by atoms with Gasteiger partial charge in [-0.3, -0.25) is 0 Å². The Morgan fingerprint density at radius 2 is 2.06 bits per heavy atom. The van der Waals surface area contributed by atoms with Gasteiger partial charge in [-0.05, 0) is 18.1 Å². The van der Waals surface area contributed by atoms with Gasteiger partial charge in [-0.15, -0.1) is 11.3 Å². The molecule has 0 spiro atoms. The first-order valence-corrected chi connectivity index (χ1v) is 6.91. The Bertz CT molecular complexity index is 522. The van der Waals surface area contributed by atoms with Crippen molar-refractivity contribution in [3.05, 3.63) is 41.2 Å². The first-order chi connectivity index (χ1) is 8.63. The fourth-order valence-corrected chi connectivity index (χ4v) is 2.86. The number of aromatic nitrogens is 1. The molecule has 0 aliphatic rings. The van der Waals surface area contributed by atoms with Crippen LogP contribution in [0, 0.1) is 11.7 Å². The summed E-state index contributed by atoms with van der Waals surface area (Å²) in [5.41, 5.74) is 7.31. The van der Waals surface area contributed by atoms with E-state index >= 15 is 0 Å². The molecule has 0 bridgehead atoms. The van der Waals surface area contributed by atoms with Gasteiger partial charge in [-0.2, -0.15) is 0 Å². The largest absolute Gasteiger partial charge is 0.330 e. The van der Waals surface area contributed by atoms with E-state index in [2.05, 4.69) is 18.8 Å². The van der Waals surface area contributed by atoms with Crippen molar-refractivity contribution in [1.29, 1.82) is 0 Å². The Hall–Kier alpha value is -1.26. The third-order valence-electron chi connectivity index (χ3n) is 3.06. The Morgan fingerprint density at radius 1 is 1.33 bits per heavy atom. The van der Waals surface area contributed by atoms with Crippen molar-refractivity contribution in [2.24, 2.45) is 11.7 Å². The van der Waals surface area contributed by atoms with Gasteiger partial charge in [0.1, 0.15) is 10.8 Å². The molecule has 4 heteroatoms. The first-order valence-electron chi connectivity index (χ1n) is 6.04. The number of hydrogen-bond acceptors (Lipinski definition) is 3. The molecule has 0 fully saturated rings. The summed E-state index contributed by atoms with van der Waals surface area (Å²) in [6, 6.07) is 6.72. The molecule has 0 aliphatic carbocycles. The third kappa shape index (κ3) is 2.60. The molecule has 96 valence electrons. The van der Waals surface area contributed by atoms with Crippen molar-refractivity contribution < 1.29 is 4.39 Å². The average Bonchev–Trinajstić information content (AvgIpc) is 2.79. The minimum absolute atomic E-state index is 0.229. The molecule has 0 saturated carbocycles. The summed E-state index contributed by atoms with van der Waals surface area (Å²) in [7, 11) is 0. The highest BCUT2D eigenvalue weighted by molar-refractivity contribution is 7.13. The van der Waals surface area contributed by atoms with Crippen molar-refractivity contribution >= 4 is 11.3 Å². The maximum atomic E-state index is 13.7. The van der Waals surface area contributed by atoms with Crippen molar-refractivity contribution in [1.82, 2.24) is 4.98 Å². The molecule has 1 heterocycles. The topological polar surface area (TPSA) is 38.9 Å². The second-order valence-corrected chi connectivity index (χ2v) is 5.50. The van der Waals surface area contributed by atoms with E-state index in [1.54, 1.807) is 12.1 Å². The number of halogens is 1. The number of thiazole rings is 1. The second-order valence-electron chi connectivity index (χ2n) is 4.64. The molecule has 1 aromatic heterocycles. The van der Waals surface area contributed by atoms with Gasteiger partial charge in [0.25, 0.3) is 0 Å². The SMILES string of the molecule is CC(C)C(CN)c1csc(-c2ccccc2F)n1. The minimum Gasteiger partial charge on any atom is -0.330 e. The molecule has 2 nitrogen and oxygen atoms in total. The summed E-state index contributed by atoms with van der Waals surface area (Å²) in [6.45, 7) is 4.82. The zero-order chi connectivity index (χ0) is 13.1. The normalized spacial score (nSPS) is 12.9. The van der Waals surface area contributed by atoms with Crippen LogP contribution in [0.25, 0.3) is 10.6 Å². The maximum absolute atomic E-state index is 13.7. The number of hydrogen-bond donors (Lipinski definition) is 1. The molecule has 0 aliphatic heterocycles. The summed E-state index contributed by atoms with van der Waals surface area (Å²) in [4.78, 5) is 4.53. The molecular formula is C14H17FN2S. The van der Waals surface area contributed by atoms with E-state index < -0.39 is 0 Å². The number of nitrogens with zero attached hydrogens (tertiary/aromatic N) is 1. The Balaban J connectivity index is 2.34. The van der Waals surface area contributed by atoms with Crippen LogP contribution in [0.15, 0.2) is 29.6 Å². The van der Waals surface area contributed by atoms with E-state index in [1.165, 1.54) is 17.4 Å². The van der Waals surface area contributed by atoms with Crippen LogP contribution in [0.5, 0.6) is 0 Å². The van der Waals surface area contributed by atoms with Crippen LogP contribution in [0.1, 0.15) is 25.5 Å². The van der Waals surface area contributed by atoms with Crippen LogP contribution in [-0.2, 0) is 0 Å². The van der Waals surface area contributed by atoms with Gasteiger partial charge in [0, 0.05) is 23.4 Å². The minimum atomic E-state index is -0.229. The lowest BCUT2D eigenvalue weighted by Gasteiger charge is -2.15. The molecule has 1 unspecified atom stereocenters. The average molecular weight is 264 g/mol. The van der Waals surface area contributed by atoms with E-state index in [0.717, 1.165) is 10.7 Å². The van der Waals surface area contributed by atoms with Crippen molar-refractivity contribution in [3.63, 3.8) is 0 Å². The Labute approximate surface area is 111 Å². The smallest absolute Gasteiger partial charge is 0.133 e. The van der Waals surface area contributed by atoms with E-state index in [0.29, 0.717) is 18.0 Å². The highest BCUT2D eigenvalue weighted by Gasteiger charge is 2.18. The van der Waals surface area contributed by atoms with Crippen LogP contribution < -0.4 is 5.73 Å². The Kier molecular flexibility index (Phi) is 4.09. The summed E-state index contributed by atoms with van der Waals surface area (Å²) >= 11 is 1.47. The zero-order valence-electron chi connectivity index (χ0n) is 10.6. The van der Waals surface area contributed by atoms with Gasteiger partial charge in [-0.1, -0.05) is 26.0 Å². The van der Waals surface area contributed by atoms with Gasteiger partial charge >= 0.3 is 0 Å². The fourth-order valence-electron chi connectivity index (χ4n) is 1.95. The van der Waals surface area contributed by atoms with Gasteiger partial charge in [0.2, 0.25) is 0 Å². The van der Waals surface area contributed by atoms with Crippen LogP contribution in [-0.4, -0.2) is 11.5 Å². The van der Waals surface area contributed by atoms with Crippen LogP contribution in [0.4, 0.5) is 4.39 Å². The Morgan fingerprint density at radius 3 is 2.67 bits per heavy atom. The summed E-state index contributed by atoms with van der Waals surface area (Å²) in [6.07, 6.45) is 0. The lowest BCUT2D eigenvalue weighted by molar-refractivity contribution is 0.498. The molecule has 0 saturated heterocycles. The first kappa shape index (κ1) is 13.2. The molecule has 0 radical (unpaired) electrons. The summed E-state index contributed by atoms with van der Waals surface area (Å²) in [5.74, 6) is 0.444. The van der Waals surface area contributed by atoms with Crippen molar-refractivity contribution in [3.8, 4) is 10.6 Å². The number of nitrogens with two attached hydrogens (primary N) is 1. The van der Waals surface area contributed by atoms with Crippen molar-refractivity contribution in [2.45, 2.75) is 19.8 Å². The van der Waals surface area contributed by atoms with E-state index in [1.807, 2.05) is 11.4 Å². The van der Waals surface area contributed by atoms with Crippen LogP contribution in [0.2, 0.25) is 0 Å². The fraction of sp³-hybridized carbons (Fsp3) is 0.357. The predicted molar refractivity (Wildman–Crippen MR) is 74.1 cm³/mol. The standard InChI is InChI=1S/C14H17FN2S/c1-9(2)11(7-16)13-8-18-14(17-13)10-5-3-4-6-12(10)15/h3-6,8-9,11H,7,16H2,1-2H3. The van der Waals surface area contributed by atoms with Gasteiger partial charge in [0.15, 0.2) is 0 Å². The van der Waals surface area contributed by atoms with Crippen molar-refractivity contribution in [2.75, 3.05) is 6.54 Å². The maximum Gasteiger partial charge on any atom is 0.133 e. The van der Waals surface area contributed by atoms with Crippen LogP contribution >= 0.6 is 11.3 Å². The lowest BCUT2D eigenvalue weighted by Crippen LogP contribution is -2.18. The highest BCUT2D eigenvalue weighted by Crippen LogP contribution is 2.30. The van der Waals surface area contributed by atoms with Gasteiger partial charge in [0.05, 0.1) is 5.69 Å². The quantitative estimate of drug-likeness (QED) is 0.915. The lowest BCUT2D eigenvalue weighted by atomic mass is 9.93. The molecule has 2 aromatic rings. The zero-order valence-corrected chi connectivity index (χ0v) is 11.4. The molecule has 1 atom stereocenters. The predicted octanol–water partition coefficient (Wildman–Crippen LogP) is 3.65. The molecule has 2 rings (SSSR count). The van der Waals surface area contributed by atoms with Crippen LogP contribution in [0.3, 0.4) is 0 Å². The van der Waals surface area contributed by atoms with E-state index in [-0.39, 0.29) is 11.7 Å². The van der Waals surface area contributed by atoms with E-state index in [4.69, 9.17) is 5.73 Å². The van der Waals surface area contributed by atoms with E-state index in [9.17, 15) is 4.39 Å². The highest BCUT2D eigenvalue weighted by atomic mass is 32.1. The molecule has 1 aromatic carbocycles. The van der Waals surface area contributed by atoms with Gasteiger partial charge in [-0.25, -0.2) is 9.37 Å². The number of benzene rings is 1. The molecule has 0 amide bonds. The summed E-state index contributed by atoms with van der Waals surface area (Å²) in [5, 5.41) is 2.71. The molecular weight excluding hydrogens is 247 g/mol. The number of rotatable bonds is 4. The second kappa shape index (κ2) is 5.59. The van der Waals surface area contributed by atoms with Gasteiger partial charge < -0.3 is 5.73 Å². The monoisotopic (exact) mass is 264 g/mol. The molecule has 2 N–H and O–H groups in total. The third-order valence-corrected chi connectivity index (χ3v) is 3.96. The molecule has 18 heavy (non-hydrogen) atoms. The summed E-state index contributed by atoms with van der Waals surface area (Å²) < 4.78 is 13.7.